The molecule has 0 aliphatic rings. The van der Waals surface area contributed by atoms with Crippen molar-refractivity contribution in [2.75, 3.05) is 0 Å². The summed E-state index contributed by atoms with van der Waals surface area (Å²) in [6.45, 7) is 60.6. The molecule has 0 amide bonds. The summed E-state index contributed by atoms with van der Waals surface area (Å²) in [7, 11) is 0. The highest BCUT2D eigenvalue weighted by atomic mass is 14.2. The quantitative estimate of drug-likeness (QED) is 0.131. The topological polar surface area (TPSA) is 0 Å². The van der Waals surface area contributed by atoms with Gasteiger partial charge in [0, 0.05) is 0 Å². The lowest BCUT2D eigenvalue weighted by molar-refractivity contribution is 0.825. The van der Waals surface area contributed by atoms with Gasteiger partial charge >= 0.3 is 0 Å². The maximum absolute atomic E-state index is 2.36. The lowest BCUT2D eigenvalue weighted by atomic mass is 9.88. The minimum absolute atomic E-state index is 0.633. The first kappa shape index (κ1) is 61.1. The van der Waals surface area contributed by atoms with Crippen LogP contribution in [-0.4, -0.2) is 0 Å². The number of benzene rings is 5. The summed E-state index contributed by atoms with van der Waals surface area (Å²) >= 11 is 0. The molecule has 0 nitrogen and oxygen atoms in total. The summed E-state index contributed by atoms with van der Waals surface area (Å²) in [6, 6.07) is 29.8. The molecule has 0 N–H and O–H groups in total. The van der Waals surface area contributed by atoms with Gasteiger partial charge in [0.2, 0.25) is 0 Å². The Labute approximate surface area is 417 Å². The SMILES string of the molecule is CC(C)c1ccc(C(C)C)cc1.Cc1c(C(C)C)ccc(C(C)C)c1C.Cc1cc(C(C)C)c(C)cc1C(C)C.Cc1cc(C(C)C)cc(C)c1C(C)C.Cc1cc(C(C)C)ccc1C(C)C. The maximum atomic E-state index is 2.36. The lowest BCUT2D eigenvalue weighted by Gasteiger charge is -2.17. The fraction of sp³-hybridized carbons (Fsp3) is 0.552. The van der Waals surface area contributed by atoms with E-state index in [4.69, 9.17) is 0 Å². The third-order valence-corrected chi connectivity index (χ3v) is 13.7. The van der Waals surface area contributed by atoms with Gasteiger partial charge in [-0.05, 0) is 202 Å². The van der Waals surface area contributed by atoms with Gasteiger partial charge < -0.3 is 0 Å². The number of aryl methyl sites for hydroxylation is 5. The van der Waals surface area contributed by atoms with E-state index in [-0.39, 0.29) is 0 Å². The van der Waals surface area contributed by atoms with Gasteiger partial charge in [0.15, 0.2) is 0 Å². The van der Waals surface area contributed by atoms with Crippen molar-refractivity contribution in [2.45, 2.75) is 246 Å². The summed E-state index contributed by atoms with van der Waals surface area (Å²) in [5, 5.41) is 0. The van der Waals surface area contributed by atoms with Gasteiger partial charge in [-0.1, -0.05) is 217 Å². The van der Waals surface area contributed by atoms with Crippen molar-refractivity contribution in [1.29, 1.82) is 0 Å². The first-order chi connectivity index (χ1) is 30.9. The zero-order valence-electron chi connectivity index (χ0n) is 48.8. The first-order valence-electron chi connectivity index (χ1n) is 26.5. The molecule has 5 rings (SSSR count). The Kier molecular flexibility index (Phi) is 26.0. The normalized spacial score (nSPS) is 11.4. The second kappa shape index (κ2) is 28.6. The molecule has 67 heavy (non-hydrogen) atoms. The van der Waals surface area contributed by atoms with Crippen molar-refractivity contribution in [1.82, 2.24) is 0 Å². The molecule has 0 fully saturated rings. The van der Waals surface area contributed by atoms with Gasteiger partial charge in [0.1, 0.15) is 0 Å². The van der Waals surface area contributed by atoms with Crippen LogP contribution in [0.25, 0.3) is 0 Å². The summed E-state index contributed by atoms with van der Waals surface area (Å²) < 4.78 is 0. The Hall–Kier alpha value is -3.90. The van der Waals surface area contributed by atoms with Crippen molar-refractivity contribution < 1.29 is 0 Å². The van der Waals surface area contributed by atoms with Crippen LogP contribution in [0.2, 0.25) is 0 Å². The predicted molar refractivity (Wildman–Crippen MR) is 306 cm³/mol. The Morgan fingerprint density at radius 2 is 0.463 bits per heavy atom. The van der Waals surface area contributed by atoms with E-state index in [0.717, 1.165) is 0 Å². The van der Waals surface area contributed by atoms with E-state index in [0.29, 0.717) is 59.2 Å². The minimum Gasteiger partial charge on any atom is -0.0587 e. The zero-order valence-corrected chi connectivity index (χ0v) is 48.8. The van der Waals surface area contributed by atoms with E-state index in [9.17, 15) is 0 Å². The number of rotatable bonds is 10. The molecule has 0 saturated heterocycles. The van der Waals surface area contributed by atoms with Crippen LogP contribution in [-0.2, 0) is 0 Å². The fourth-order valence-electron chi connectivity index (χ4n) is 9.44. The Morgan fingerprint density at radius 3 is 0.716 bits per heavy atom. The monoisotopic (exact) mass is 909 g/mol. The lowest BCUT2D eigenvalue weighted by Crippen LogP contribution is -2.00. The molecule has 5 aromatic carbocycles. The average Bonchev–Trinajstić information content (AvgIpc) is 3.22. The second-order valence-corrected chi connectivity index (χ2v) is 23.0. The van der Waals surface area contributed by atoms with Crippen molar-refractivity contribution in [3.63, 3.8) is 0 Å². The van der Waals surface area contributed by atoms with Crippen molar-refractivity contribution >= 4 is 0 Å². The third kappa shape index (κ3) is 19.2. The molecule has 5 aromatic rings. The minimum atomic E-state index is 0.633. The Balaban J connectivity index is 0.000000419. The molecule has 0 aliphatic heterocycles. The molecule has 0 radical (unpaired) electrons. The summed E-state index contributed by atoms with van der Waals surface area (Å²) in [6.07, 6.45) is 0. The van der Waals surface area contributed by atoms with E-state index in [1.54, 1.807) is 0 Å². The van der Waals surface area contributed by atoms with Gasteiger partial charge in [0.25, 0.3) is 0 Å². The second-order valence-electron chi connectivity index (χ2n) is 23.0. The summed E-state index contributed by atoms with van der Waals surface area (Å²) in [5.41, 5.74) is 24.9. The Bertz CT molecular complexity index is 2080. The highest BCUT2D eigenvalue weighted by molar-refractivity contribution is 5.43. The van der Waals surface area contributed by atoms with Crippen LogP contribution in [0.3, 0.4) is 0 Å². The standard InChI is InChI=1S/3C14H22.C13H20.C12H18/c1-9(2)13-7-12(6)14(10(3)4)8-11(13)5;1-9(2)13-7-11(5)14(10(3)4)12(6)8-13;1-9(2)13-7-8-14(10(3)4)12(6)11(13)5;1-9(2)12-6-7-13(10(3)4)11(5)8-12;1-9(2)11-5-7-12(8-6-11)10(3)4/h3*7-10H,1-6H3;6-10H,1-5H3;5-10H,1-4H3. The van der Waals surface area contributed by atoms with Crippen molar-refractivity contribution in [3.8, 4) is 0 Å². The van der Waals surface area contributed by atoms with Gasteiger partial charge in [0.05, 0.1) is 0 Å². The molecular weight excluding hydrogens is 805 g/mol. The van der Waals surface area contributed by atoms with E-state index in [1.165, 1.54) is 94.6 Å². The molecule has 372 valence electrons. The molecule has 0 saturated carbocycles. The van der Waals surface area contributed by atoms with Crippen molar-refractivity contribution in [3.05, 3.63) is 173 Å². The molecule has 0 bridgehead atoms. The van der Waals surface area contributed by atoms with Gasteiger partial charge in [-0.25, -0.2) is 0 Å². The van der Waals surface area contributed by atoms with Gasteiger partial charge in [-0.3, -0.25) is 0 Å². The molecule has 0 spiro atoms. The van der Waals surface area contributed by atoms with Gasteiger partial charge in [-0.15, -0.1) is 0 Å². The fourth-order valence-corrected chi connectivity index (χ4v) is 9.44. The molecular formula is C67H104. The number of hydrogen-bond acceptors (Lipinski definition) is 0. The van der Waals surface area contributed by atoms with E-state index >= 15 is 0 Å². The van der Waals surface area contributed by atoms with Crippen LogP contribution in [0, 0.1) is 48.5 Å². The largest absolute Gasteiger partial charge is 0.0587 e. The maximum Gasteiger partial charge on any atom is -0.0214 e. The van der Waals surface area contributed by atoms with Crippen molar-refractivity contribution in [2.24, 2.45) is 0 Å². The van der Waals surface area contributed by atoms with Crippen LogP contribution in [0.1, 0.15) is 292 Å². The van der Waals surface area contributed by atoms with Crippen LogP contribution in [0.5, 0.6) is 0 Å². The zero-order chi connectivity index (χ0) is 51.8. The molecule has 0 heterocycles. The van der Waals surface area contributed by atoms with Crippen LogP contribution < -0.4 is 0 Å². The summed E-state index contributed by atoms with van der Waals surface area (Å²) in [4.78, 5) is 0. The smallest absolute Gasteiger partial charge is 0.0214 e. The molecule has 0 unspecified atom stereocenters. The van der Waals surface area contributed by atoms with Crippen LogP contribution in [0.15, 0.2) is 78.9 Å². The predicted octanol–water partition coefficient (Wildman–Crippen LogP) is 21.8. The average molecular weight is 910 g/mol. The highest BCUT2D eigenvalue weighted by Crippen LogP contribution is 2.30. The van der Waals surface area contributed by atoms with Crippen LogP contribution >= 0.6 is 0 Å². The molecule has 0 aliphatic carbocycles. The van der Waals surface area contributed by atoms with Crippen LogP contribution in [0.4, 0.5) is 0 Å². The number of hydrogen-bond donors (Lipinski definition) is 0. The molecule has 0 aromatic heterocycles. The molecule has 0 heteroatoms. The molecule has 0 atom stereocenters. The third-order valence-electron chi connectivity index (χ3n) is 13.7. The summed E-state index contributed by atoms with van der Waals surface area (Å²) in [5.74, 6) is 6.37. The van der Waals surface area contributed by atoms with E-state index in [2.05, 4.69) is 266 Å². The van der Waals surface area contributed by atoms with Gasteiger partial charge in [-0.2, -0.15) is 0 Å². The highest BCUT2D eigenvalue weighted by Gasteiger charge is 2.13. The van der Waals surface area contributed by atoms with E-state index in [1.807, 2.05) is 0 Å². The Morgan fingerprint density at radius 1 is 0.209 bits per heavy atom. The first-order valence-corrected chi connectivity index (χ1v) is 26.5. The van der Waals surface area contributed by atoms with E-state index < -0.39 is 0 Å².